The fraction of sp³-hybridized carbons (Fsp3) is 0.118. The number of para-hydroxylation sites is 1. The summed E-state index contributed by atoms with van der Waals surface area (Å²) in [5, 5.41) is 8.79. The van der Waals surface area contributed by atoms with Gasteiger partial charge in [0.2, 0.25) is 5.91 Å². The number of aromatic nitrogens is 1. The summed E-state index contributed by atoms with van der Waals surface area (Å²) >= 11 is 7.49. The van der Waals surface area contributed by atoms with Crippen molar-refractivity contribution in [3.05, 3.63) is 58.6 Å². The lowest BCUT2D eigenvalue weighted by molar-refractivity contribution is -0.116. The molecule has 2 amide bonds. The van der Waals surface area contributed by atoms with Gasteiger partial charge < -0.3 is 14.7 Å². The number of anilines is 1. The first-order valence-electron chi connectivity index (χ1n) is 7.35. The summed E-state index contributed by atoms with van der Waals surface area (Å²) in [5.41, 5.74) is 0.646. The van der Waals surface area contributed by atoms with E-state index in [4.69, 9.17) is 16.1 Å². The summed E-state index contributed by atoms with van der Waals surface area (Å²) < 4.78 is 5.19. The molecule has 0 aliphatic rings. The lowest BCUT2D eigenvalue weighted by atomic mass is 10.3. The van der Waals surface area contributed by atoms with Gasteiger partial charge in [0.15, 0.2) is 11.5 Å². The molecule has 1 aromatic carbocycles. The van der Waals surface area contributed by atoms with Crippen LogP contribution in [0.3, 0.4) is 0 Å². The average molecular weight is 376 g/mol. The number of nitrogens with one attached hydrogen (secondary N) is 1. The van der Waals surface area contributed by atoms with Crippen LogP contribution in [0.25, 0.3) is 10.6 Å². The minimum absolute atomic E-state index is 0.134. The van der Waals surface area contributed by atoms with E-state index in [1.54, 1.807) is 30.3 Å². The third kappa shape index (κ3) is 4.07. The van der Waals surface area contributed by atoms with Crippen LogP contribution in [0.2, 0.25) is 5.02 Å². The molecule has 2 aromatic heterocycles. The van der Waals surface area contributed by atoms with Crippen LogP contribution in [-0.4, -0.2) is 35.5 Å². The monoisotopic (exact) mass is 375 g/mol. The Kier molecular flexibility index (Phi) is 5.16. The third-order valence-electron chi connectivity index (χ3n) is 3.37. The van der Waals surface area contributed by atoms with Gasteiger partial charge in [0.25, 0.3) is 5.91 Å². The van der Waals surface area contributed by atoms with Crippen molar-refractivity contribution in [1.82, 2.24) is 10.1 Å². The SMILES string of the molecule is CN(CC(=O)Nc1ccccc1Cl)C(=O)c1cc(-c2cccs2)on1. The van der Waals surface area contributed by atoms with Crippen molar-refractivity contribution < 1.29 is 14.1 Å². The predicted octanol–water partition coefficient (Wildman–Crippen LogP) is 3.77. The van der Waals surface area contributed by atoms with Crippen LogP contribution >= 0.6 is 22.9 Å². The lowest BCUT2D eigenvalue weighted by Crippen LogP contribution is -2.35. The highest BCUT2D eigenvalue weighted by molar-refractivity contribution is 7.13. The highest BCUT2D eigenvalue weighted by atomic mass is 35.5. The number of likely N-dealkylation sites (N-methyl/N-ethyl adjacent to an activating group) is 1. The van der Waals surface area contributed by atoms with Crippen LogP contribution in [0.15, 0.2) is 52.4 Å². The summed E-state index contributed by atoms with van der Waals surface area (Å²) in [6.07, 6.45) is 0. The second-order valence-electron chi connectivity index (χ2n) is 5.24. The molecule has 8 heteroatoms. The summed E-state index contributed by atoms with van der Waals surface area (Å²) in [7, 11) is 1.52. The minimum atomic E-state index is -0.402. The van der Waals surface area contributed by atoms with E-state index in [-0.39, 0.29) is 18.1 Å². The average Bonchev–Trinajstić information content (AvgIpc) is 3.27. The van der Waals surface area contributed by atoms with E-state index in [2.05, 4.69) is 10.5 Å². The second-order valence-corrected chi connectivity index (χ2v) is 6.60. The van der Waals surface area contributed by atoms with Crippen LogP contribution in [0.1, 0.15) is 10.5 Å². The molecule has 0 spiro atoms. The number of hydrogen-bond donors (Lipinski definition) is 1. The molecule has 0 saturated carbocycles. The van der Waals surface area contributed by atoms with E-state index in [1.807, 2.05) is 17.5 Å². The van der Waals surface area contributed by atoms with E-state index >= 15 is 0 Å². The largest absolute Gasteiger partial charge is 0.355 e. The highest BCUT2D eigenvalue weighted by Gasteiger charge is 2.20. The number of nitrogens with zero attached hydrogens (tertiary/aromatic N) is 2. The van der Waals surface area contributed by atoms with Crippen molar-refractivity contribution in [1.29, 1.82) is 0 Å². The van der Waals surface area contributed by atoms with Gasteiger partial charge in [-0.3, -0.25) is 9.59 Å². The Hall–Kier alpha value is -2.64. The maximum Gasteiger partial charge on any atom is 0.276 e. The molecular formula is C17H14ClN3O3S. The minimum Gasteiger partial charge on any atom is -0.355 e. The molecule has 25 heavy (non-hydrogen) atoms. The number of carbonyl (C=O) groups is 2. The molecule has 0 fully saturated rings. The van der Waals surface area contributed by atoms with Crippen molar-refractivity contribution in [3.63, 3.8) is 0 Å². The summed E-state index contributed by atoms with van der Waals surface area (Å²) in [6, 6.07) is 12.2. The Morgan fingerprint density at radius 1 is 1.28 bits per heavy atom. The zero-order valence-electron chi connectivity index (χ0n) is 13.2. The number of halogens is 1. The van der Waals surface area contributed by atoms with Gasteiger partial charge in [0, 0.05) is 13.1 Å². The Morgan fingerprint density at radius 2 is 2.08 bits per heavy atom. The fourth-order valence-corrected chi connectivity index (χ4v) is 3.00. The van der Waals surface area contributed by atoms with Crippen molar-refractivity contribution in [2.75, 3.05) is 18.9 Å². The number of amides is 2. The topological polar surface area (TPSA) is 75.4 Å². The molecule has 0 bridgehead atoms. The smallest absolute Gasteiger partial charge is 0.276 e. The van der Waals surface area contributed by atoms with Crippen LogP contribution in [0.5, 0.6) is 0 Å². The number of hydrogen-bond acceptors (Lipinski definition) is 5. The van der Waals surface area contributed by atoms with Gasteiger partial charge in [-0.2, -0.15) is 0 Å². The van der Waals surface area contributed by atoms with Crippen LogP contribution in [-0.2, 0) is 4.79 Å². The molecule has 0 atom stereocenters. The molecule has 2 heterocycles. The summed E-state index contributed by atoms with van der Waals surface area (Å²) in [5.74, 6) is -0.237. The summed E-state index contributed by atoms with van der Waals surface area (Å²) in [4.78, 5) is 26.6. The maximum absolute atomic E-state index is 12.4. The molecule has 0 aliphatic carbocycles. The van der Waals surface area contributed by atoms with Gasteiger partial charge in [-0.05, 0) is 23.6 Å². The third-order valence-corrected chi connectivity index (χ3v) is 4.58. The van der Waals surface area contributed by atoms with E-state index in [0.29, 0.717) is 16.5 Å². The summed E-state index contributed by atoms with van der Waals surface area (Å²) in [6.45, 7) is -0.134. The van der Waals surface area contributed by atoms with Gasteiger partial charge in [-0.1, -0.05) is 35.0 Å². The molecule has 0 aliphatic heterocycles. The van der Waals surface area contributed by atoms with Gasteiger partial charge in [-0.15, -0.1) is 11.3 Å². The fourth-order valence-electron chi connectivity index (χ4n) is 2.15. The standard InChI is InChI=1S/C17H14ClN3O3S/c1-21(10-16(22)19-12-6-3-2-5-11(12)18)17(23)13-9-14(24-20-13)15-7-4-8-25-15/h2-9H,10H2,1H3,(H,19,22). The molecule has 3 rings (SSSR count). The van der Waals surface area contributed by atoms with Crippen molar-refractivity contribution in [3.8, 4) is 10.6 Å². The van der Waals surface area contributed by atoms with Gasteiger partial charge in [0.05, 0.1) is 22.1 Å². The molecule has 0 radical (unpaired) electrons. The molecular weight excluding hydrogens is 362 g/mol. The van der Waals surface area contributed by atoms with E-state index in [1.165, 1.54) is 23.3 Å². The maximum atomic E-state index is 12.4. The van der Waals surface area contributed by atoms with E-state index < -0.39 is 5.91 Å². The van der Waals surface area contributed by atoms with Crippen LogP contribution in [0, 0.1) is 0 Å². The van der Waals surface area contributed by atoms with Crippen molar-refractivity contribution in [2.24, 2.45) is 0 Å². The number of thiophene rings is 1. The predicted molar refractivity (Wildman–Crippen MR) is 96.9 cm³/mol. The second kappa shape index (κ2) is 7.50. The first-order valence-corrected chi connectivity index (χ1v) is 8.61. The van der Waals surface area contributed by atoms with Crippen LogP contribution in [0.4, 0.5) is 5.69 Å². The Morgan fingerprint density at radius 3 is 2.80 bits per heavy atom. The number of benzene rings is 1. The van der Waals surface area contributed by atoms with Crippen molar-refractivity contribution >= 4 is 40.4 Å². The molecule has 6 nitrogen and oxygen atoms in total. The Labute approximate surface area is 153 Å². The molecule has 1 N–H and O–H groups in total. The van der Waals surface area contributed by atoms with Crippen LogP contribution < -0.4 is 5.32 Å². The lowest BCUT2D eigenvalue weighted by Gasteiger charge is -2.15. The number of carbonyl (C=O) groups excluding carboxylic acids is 2. The van der Waals surface area contributed by atoms with Crippen molar-refractivity contribution in [2.45, 2.75) is 0 Å². The first kappa shape index (κ1) is 17.2. The molecule has 0 unspecified atom stereocenters. The Bertz CT molecular complexity index is 892. The van der Waals surface area contributed by atoms with Gasteiger partial charge >= 0.3 is 0 Å². The molecule has 0 saturated heterocycles. The quantitative estimate of drug-likeness (QED) is 0.736. The number of rotatable bonds is 5. The normalized spacial score (nSPS) is 10.5. The molecule has 128 valence electrons. The molecule has 3 aromatic rings. The van der Waals surface area contributed by atoms with Gasteiger partial charge in [-0.25, -0.2) is 0 Å². The Balaban J connectivity index is 1.63. The first-order chi connectivity index (χ1) is 12.0. The van der Waals surface area contributed by atoms with Gasteiger partial charge in [0.1, 0.15) is 0 Å². The van der Waals surface area contributed by atoms with E-state index in [0.717, 1.165) is 4.88 Å². The van der Waals surface area contributed by atoms with E-state index in [9.17, 15) is 9.59 Å². The zero-order valence-corrected chi connectivity index (χ0v) is 14.8. The zero-order chi connectivity index (χ0) is 17.8. The highest BCUT2D eigenvalue weighted by Crippen LogP contribution is 2.25.